The van der Waals surface area contributed by atoms with Gasteiger partial charge in [0.05, 0.1) is 24.9 Å². The van der Waals surface area contributed by atoms with Gasteiger partial charge in [-0.15, -0.1) is 0 Å². The first-order valence-electron chi connectivity index (χ1n) is 11.2. The number of benzene rings is 1. The summed E-state index contributed by atoms with van der Waals surface area (Å²) in [4.78, 5) is 21.6. The number of pyridine rings is 1. The van der Waals surface area contributed by atoms with Crippen LogP contribution in [0.2, 0.25) is 0 Å². The molecular formula is C24H28FN3O4. The van der Waals surface area contributed by atoms with E-state index in [2.05, 4.69) is 9.88 Å². The van der Waals surface area contributed by atoms with Crippen molar-refractivity contribution in [1.29, 1.82) is 0 Å². The van der Waals surface area contributed by atoms with Gasteiger partial charge in [0.2, 0.25) is 0 Å². The maximum atomic E-state index is 13.1. The summed E-state index contributed by atoms with van der Waals surface area (Å²) in [5, 5.41) is 10.6. The molecule has 32 heavy (non-hydrogen) atoms. The second-order valence-electron chi connectivity index (χ2n) is 8.88. The van der Waals surface area contributed by atoms with Crippen LogP contribution in [-0.2, 0) is 4.74 Å². The third-order valence-electron chi connectivity index (χ3n) is 6.80. The lowest BCUT2D eigenvalue weighted by Crippen LogP contribution is -2.42. The first-order chi connectivity index (χ1) is 15.6. The van der Waals surface area contributed by atoms with Crippen LogP contribution >= 0.6 is 0 Å². The lowest BCUT2D eigenvalue weighted by molar-refractivity contribution is -0.0231. The van der Waals surface area contributed by atoms with Crippen LogP contribution in [0.5, 0.6) is 5.75 Å². The first kappa shape index (κ1) is 21.2. The van der Waals surface area contributed by atoms with Crippen LogP contribution in [0.25, 0.3) is 0 Å². The average Bonchev–Trinajstić information content (AvgIpc) is 3.23. The van der Waals surface area contributed by atoms with Crippen molar-refractivity contribution in [1.82, 2.24) is 9.88 Å². The van der Waals surface area contributed by atoms with Gasteiger partial charge in [0.15, 0.2) is 0 Å². The van der Waals surface area contributed by atoms with Gasteiger partial charge in [0.25, 0.3) is 5.91 Å². The SMILES string of the molecule is O=C(c1ccc(N2CCOCC2)nc1)N1C[C@H]2C[C@@H](Oc3ccc(F)cc3)[C@H](O)C[C@H]2C1. The summed E-state index contributed by atoms with van der Waals surface area (Å²) in [6.07, 6.45) is 1.96. The number of aliphatic hydroxyl groups is 1. The number of aromatic nitrogens is 1. The van der Waals surface area contributed by atoms with Gasteiger partial charge in [0, 0.05) is 32.4 Å². The van der Waals surface area contributed by atoms with Crippen LogP contribution in [0.1, 0.15) is 23.2 Å². The van der Waals surface area contributed by atoms with Crippen LogP contribution in [0.3, 0.4) is 0 Å². The highest BCUT2D eigenvalue weighted by Crippen LogP contribution is 2.38. The zero-order valence-corrected chi connectivity index (χ0v) is 17.9. The molecule has 3 heterocycles. The minimum atomic E-state index is -0.606. The van der Waals surface area contributed by atoms with Crippen LogP contribution in [0.4, 0.5) is 10.2 Å². The fourth-order valence-electron chi connectivity index (χ4n) is 5.05. The third-order valence-corrected chi connectivity index (χ3v) is 6.80. The van der Waals surface area contributed by atoms with Gasteiger partial charge in [-0.05, 0) is 61.1 Å². The topological polar surface area (TPSA) is 75.1 Å². The van der Waals surface area contributed by atoms with Crippen LogP contribution < -0.4 is 9.64 Å². The normalized spacial score (nSPS) is 27.8. The molecule has 3 fully saturated rings. The zero-order valence-electron chi connectivity index (χ0n) is 17.9. The van der Waals surface area contributed by atoms with Gasteiger partial charge in [-0.2, -0.15) is 0 Å². The fraction of sp³-hybridized carbons (Fsp3) is 0.500. The number of aliphatic hydroxyl groups excluding tert-OH is 1. The Labute approximate surface area is 186 Å². The Morgan fingerprint density at radius 3 is 2.47 bits per heavy atom. The Bertz CT molecular complexity index is 933. The smallest absolute Gasteiger partial charge is 0.255 e. The van der Waals surface area contributed by atoms with Crippen molar-refractivity contribution in [2.45, 2.75) is 25.0 Å². The quantitative estimate of drug-likeness (QED) is 0.785. The van der Waals surface area contributed by atoms with Crippen molar-refractivity contribution >= 4 is 11.7 Å². The molecule has 1 aromatic carbocycles. The summed E-state index contributed by atoms with van der Waals surface area (Å²) in [5.41, 5.74) is 0.584. The Morgan fingerprint density at radius 1 is 1.06 bits per heavy atom. The molecule has 1 saturated carbocycles. The number of hydrogen-bond acceptors (Lipinski definition) is 6. The van der Waals surface area contributed by atoms with E-state index in [1.165, 1.54) is 12.1 Å². The minimum absolute atomic E-state index is 0.0223. The molecular weight excluding hydrogens is 413 g/mol. The van der Waals surface area contributed by atoms with Crippen LogP contribution in [0, 0.1) is 17.7 Å². The molecule has 2 aliphatic heterocycles. The Kier molecular flexibility index (Phi) is 5.97. The molecule has 1 aliphatic carbocycles. The van der Waals surface area contributed by atoms with E-state index in [1.54, 1.807) is 18.3 Å². The van der Waals surface area contributed by atoms with Gasteiger partial charge in [0.1, 0.15) is 23.5 Å². The Balaban J connectivity index is 1.20. The highest BCUT2D eigenvalue weighted by atomic mass is 19.1. The van der Waals surface area contributed by atoms with E-state index in [4.69, 9.17) is 9.47 Å². The Hall–Kier alpha value is -2.71. The second kappa shape index (κ2) is 9.03. The molecule has 5 rings (SSSR count). The molecule has 3 aliphatic rings. The lowest BCUT2D eigenvalue weighted by atomic mass is 9.78. The largest absolute Gasteiger partial charge is 0.488 e. The first-order valence-corrected chi connectivity index (χ1v) is 11.2. The number of nitrogens with zero attached hydrogens (tertiary/aromatic N) is 3. The van der Waals surface area contributed by atoms with E-state index in [-0.39, 0.29) is 29.7 Å². The van der Waals surface area contributed by atoms with Crippen molar-refractivity contribution in [2.75, 3.05) is 44.3 Å². The minimum Gasteiger partial charge on any atom is -0.488 e. The molecule has 1 N–H and O–H groups in total. The van der Waals surface area contributed by atoms with E-state index < -0.39 is 6.10 Å². The molecule has 0 unspecified atom stereocenters. The maximum absolute atomic E-state index is 13.1. The monoisotopic (exact) mass is 441 g/mol. The highest BCUT2D eigenvalue weighted by Gasteiger charge is 2.44. The number of likely N-dealkylation sites (tertiary alicyclic amines) is 1. The Morgan fingerprint density at radius 2 is 1.78 bits per heavy atom. The van der Waals surface area contributed by atoms with Crippen LogP contribution in [0.15, 0.2) is 42.6 Å². The summed E-state index contributed by atoms with van der Waals surface area (Å²) >= 11 is 0. The van der Waals surface area contributed by atoms with Crippen molar-refractivity contribution in [2.24, 2.45) is 11.8 Å². The molecule has 0 radical (unpaired) electrons. The van der Waals surface area contributed by atoms with Crippen molar-refractivity contribution in [3.05, 3.63) is 54.0 Å². The molecule has 2 saturated heterocycles. The number of fused-ring (bicyclic) bond motifs is 1. The number of carbonyl (C=O) groups excluding carboxylic acids is 1. The molecule has 0 spiro atoms. The summed E-state index contributed by atoms with van der Waals surface area (Å²) < 4.78 is 24.5. The van der Waals surface area contributed by atoms with Gasteiger partial charge >= 0.3 is 0 Å². The summed E-state index contributed by atoms with van der Waals surface area (Å²) in [7, 11) is 0. The predicted molar refractivity (Wildman–Crippen MR) is 116 cm³/mol. The number of halogens is 1. The van der Waals surface area contributed by atoms with Crippen LogP contribution in [-0.4, -0.2) is 72.5 Å². The molecule has 2 aromatic rings. The average molecular weight is 442 g/mol. The molecule has 8 heteroatoms. The number of amides is 1. The van der Waals surface area contributed by atoms with Crippen molar-refractivity contribution in [3.8, 4) is 5.75 Å². The van der Waals surface area contributed by atoms with Crippen molar-refractivity contribution < 1.29 is 23.8 Å². The standard InChI is InChI=1S/C24H28FN3O4/c25-19-2-4-20(5-3-19)32-22-12-18-15-28(14-17(18)11-21(22)29)24(30)16-1-6-23(26-13-16)27-7-9-31-10-8-27/h1-6,13,17-18,21-22,29H,7-12,14-15H2/t17-,18+,21+,22+/m0/s1. The molecule has 1 amide bonds. The number of anilines is 1. The molecule has 170 valence electrons. The van der Waals surface area contributed by atoms with E-state index in [9.17, 15) is 14.3 Å². The number of ether oxygens (including phenoxy) is 2. The fourth-order valence-corrected chi connectivity index (χ4v) is 5.05. The van der Waals surface area contributed by atoms with E-state index in [0.717, 1.165) is 18.9 Å². The molecule has 4 atom stereocenters. The van der Waals surface area contributed by atoms with Crippen molar-refractivity contribution in [3.63, 3.8) is 0 Å². The summed E-state index contributed by atoms with van der Waals surface area (Å²) in [6.45, 7) is 4.27. The second-order valence-corrected chi connectivity index (χ2v) is 8.88. The van der Waals surface area contributed by atoms with Gasteiger partial charge in [-0.3, -0.25) is 4.79 Å². The van der Waals surface area contributed by atoms with E-state index in [0.29, 0.717) is 50.5 Å². The number of carbonyl (C=O) groups is 1. The van der Waals surface area contributed by atoms with Gasteiger partial charge < -0.3 is 24.4 Å². The number of hydrogen-bond donors (Lipinski definition) is 1. The van der Waals surface area contributed by atoms with E-state index in [1.807, 2.05) is 17.0 Å². The maximum Gasteiger partial charge on any atom is 0.255 e. The lowest BCUT2D eigenvalue weighted by Gasteiger charge is -2.35. The predicted octanol–water partition coefficient (Wildman–Crippen LogP) is 2.35. The summed E-state index contributed by atoms with van der Waals surface area (Å²) in [5.74, 6) is 1.59. The van der Waals surface area contributed by atoms with Gasteiger partial charge in [-0.25, -0.2) is 9.37 Å². The number of rotatable bonds is 4. The molecule has 7 nitrogen and oxygen atoms in total. The molecule has 0 bridgehead atoms. The summed E-state index contributed by atoms with van der Waals surface area (Å²) in [6, 6.07) is 9.59. The highest BCUT2D eigenvalue weighted by molar-refractivity contribution is 5.94. The third kappa shape index (κ3) is 4.42. The molecule has 1 aromatic heterocycles. The van der Waals surface area contributed by atoms with E-state index >= 15 is 0 Å². The number of morpholine rings is 1. The zero-order chi connectivity index (χ0) is 22.1. The van der Waals surface area contributed by atoms with Gasteiger partial charge in [-0.1, -0.05) is 0 Å².